The maximum atomic E-state index is 10.4. The Balaban J connectivity index is 3.08. The first-order valence-corrected chi connectivity index (χ1v) is 9.99. The molecular formula is C18H30O2Si2. The van der Waals surface area contributed by atoms with Crippen LogP contribution in [-0.4, -0.2) is 29.3 Å². The van der Waals surface area contributed by atoms with E-state index in [2.05, 4.69) is 55.4 Å². The number of hydrogen-bond acceptors (Lipinski definition) is 2. The lowest BCUT2D eigenvalue weighted by Gasteiger charge is -2.30. The van der Waals surface area contributed by atoms with Crippen LogP contribution in [0.3, 0.4) is 0 Å². The summed E-state index contributed by atoms with van der Waals surface area (Å²) >= 11 is 0. The van der Waals surface area contributed by atoms with Crippen LogP contribution in [0.5, 0.6) is 11.5 Å². The van der Waals surface area contributed by atoms with Crippen molar-refractivity contribution in [3.63, 3.8) is 0 Å². The molecule has 122 valence electrons. The Bertz CT molecular complexity index is 473. The van der Waals surface area contributed by atoms with Gasteiger partial charge >= 0.3 is 0 Å². The SMILES string of the molecule is CC(C)C(C)(C)[Si]c1ccc([Si]C(C)(C)C(C)C)c(O)c1O. The van der Waals surface area contributed by atoms with Crippen molar-refractivity contribution in [2.24, 2.45) is 11.8 Å². The molecule has 4 heteroatoms. The second kappa shape index (κ2) is 6.79. The Kier molecular flexibility index (Phi) is 5.96. The van der Waals surface area contributed by atoms with E-state index >= 15 is 0 Å². The molecule has 1 rings (SSSR count). The molecule has 0 aliphatic heterocycles. The molecule has 0 saturated carbocycles. The third-order valence-electron chi connectivity index (χ3n) is 4.95. The fourth-order valence-electron chi connectivity index (χ4n) is 1.76. The lowest BCUT2D eigenvalue weighted by atomic mass is 9.99. The van der Waals surface area contributed by atoms with E-state index in [0.717, 1.165) is 10.4 Å². The Morgan fingerprint density at radius 1 is 0.727 bits per heavy atom. The fraction of sp³-hybridized carbons (Fsp3) is 0.667. The molecule has 0 atom stereocenters. The van der Waals surface area contributed by atoms with Crippen molar-refractivity contribution < 1.29 is 10.2 Å². The summed E-state index contributed by atoms with van der Waals surface area (Å²) in [6, 6.07) is 3.99. The maximum Gasteiger partial charge on any atom is 0.155 e. The predicted molar refractivity (Wildman–Crippen MR) is 98.3 cm³/mol. The molecular weight excluding hydrogens is 304 g/mol. The molecule has 0 amide bonds. The van der Waals surface area contributed by atoms with Gasteiger partial charge in [0, 0.05) is 0 Å². The van der Waals surface area contributed by atoms with E-state index in [0.29, 0.717) is 30.9 Å². The van der Waals surface area contributed by atoms with Crippen molar-refractivity contribution in [1.29, 1.82) is 0 Å². The highest BCUT2D eigenvalue weighted by atomic mass is 28.2. The van der Waals surface area contributed by atoms with E-state index < -0.39 is 0 Å². The van der Waals surface area contributed by atoms with E-state index in [-0.39, 0.29) is 21.6 Å². The average molecular weight is 335 g/mol. The molecule has 0 aliphatic rings. The molecule has 0 unspecified atom stereocenters. The lowest BCUT2D eigenvalue weighted by molar-refractivity contribution is 0.408. The van der Waals surface area contributed by atoms with Crippen molar-refractivity contribution in [2.75, 3.05) is 0 Å². The van der Waals surface area contributed by atoms with Gasteiger partial charge in [-0.2, -0.15) is 0 Å². The van der Waals surface area contributed by atoms with Gasteiger partial charge in [0.25, 0.3) is 0 Å². The maximum absolute atomic E-state index is 10.4. The first kappa shape index (κ1) is 19.3. The highest BCUT2D eigenvalue weighted by Gasteiger charge is 2.29. The smallest absolute Gasteiger partial charge is 0.155 e. The van der Waals surface area contributed by atoms with Crippen LogP contribution in [0.4, 0.5) is 0 Å². The summed E-state index contributed by atoms with van der Waals surface area (Å²) in [6.07, 6.45) is 0. The summed E-state index contributed by atoms with van der Waals surface area (Å²) in [4.78, 5) is 0. The monoisotopic (exact) mass is 334 g/mol. The summed E-state index contributed by atoms with van der Waals surface area (Å²) in [5, 5.41) is 22.8. The molecule has 0 spiro atoms. The zero-order chi connectivity index (χ0) is 17.3. The number of phenolic OH excluding ortho intramolecular Hbond substituents is 2. The van der Waals surface area contributed by atoms with Crippen molar-refractivity contribution in [1.82, 2.24) is 0 Å². The average Bonchev–Trinajstić information content (AvgIpc) is 2.38. The van der Waals surface area contributed by atoms with Gasteiger partial charge in [0.05, 0.1) is 19.0 Å². The van der Waals surface area contributed by atoms with Gasteiger partial charge in [-0.1, -0.05) is 67.5 Å². The minimum Gasteiger partial charge on any atom is -0.504 e. The number of hydrogen-bond donors (Lipinski definition) is 2. The zero-order valence-corrected chi connectivity index (χ0v) is 17.2. The highest BCUT2D eigenvalue weighted by molar-refractivity contribution is 6.60. The van der Waals surface area contributed by atoms with Gasteiger partial charge in [-0.25, -0.2) is 0 Å². The van der Waals surface area contributed by atoms with Gasteiger partial charge in [-0.3, -0.25) is 0 Å². The van der Waals surface area contributed by atoms with E-state index in [9.17, 15) is 10.2 Å². The van der Waals surface area contributed by atoms with E-state index in [1.807, 2.05) is 12.1 Å². The second-order valence-electron chi connectivity index (χ2n) is 7.86. The number of rotatable bonds is 6. The second-order valence-corrected chi connectivity index (χ2v) is 12.0. The molecule has 22 heavy (non-hydrogen) atoms. The third kappa shape index (κ3) is 4.38. The summed E-state index contributed by atoms with van der Waals surface area (Å²) < 4.78 is 0. The topological polar surface area (TPSA) is 40.5 Å². The van der Waals surface area contributed by atoms with Crippen LogP contribution >= 0.6 is 0 Å². The highest BCUT2D eigenvalue weighted by Crippen LogP contribution is 2.35. The van der Waals surface area contributed by atoms with Crippen LogP contribution in [-0.2, 0) is 0 Å². The van der Waals surface area contributed by atoms with E-state index in [1.165, 1.54) is 0 Å². The number of aromatic hydroxyl groups is 2. The normalized spacial score (nSPS) is 13.2. The van der Waals surface area contributed by atoms with Crippen LogP contribution in [0.1, 0.15) is 55.4 Å². The van der Waals surface area contributed by atoms with Gasteiger partial charge < -0.3 is 10.2 Å². The molecule has 0 bridgehead atoms. The minimum absolute atomic E-state index is 0.0802. The quantitative estimate of drug-likeness (QED) is 0.618. The molecule has 2 N–H and O–H groups in total. The molecule has 0 fully saturated rings. The first-order valence-electron chi connectivity index (χ1n) is 7.99. The Hall–Kier alpha value is -0.746. The molecule has 0 aromatic heterocycles. The Labute approximate surface area is 141 Å². The largest absolute Gasteiger partial charge is 0.504 e. The van der Waals surface area contributed by atoms with Crippen LogP contribution in [0, 0.1) is 11.8 Å². The summed E-state index contributed by atoms with van der Waals surface area (Å²) in [7, 11) is 0.959. The van der Waals surface area contributed by atoms with Gasteiger partial charge in [0.1, 0.15) is 0 Å². The molecule has 0 heterocycles. The van der Waals surface area contributed by atoms with Crippen molar-refractivity contribution >= 4 is 29.4 Å². The predicted octanol–water partition coefficient (Wildman–Crippen LogP) is 3.47. The van der Waals surface area contributed by atoms with Gasteiger partial charge in [-0.15, -0.1) is 0 Å². The zero-order valence-electron chi connectivity index (χ0n) is 15.2. The van der Waals surface area contributed by atoms with Crippen LogP contribution < -0.4 is 10.4 Å². The van der Waals surface area contributed by atoms with E-state index in [1.54, 1.807) is 0 Å². The van der Waals surface area contributed by atoms with Crippen LogP contribution in [0.25, 0.3) is 0 Å². The molecule has 2 nitrogen and oxygen atoms in total. The summed E-state index contributed by atoms with van der Waals surface area (Å²) in [5.41, 5.74) is 0. The van der Waals surface area contributed by atoms with Gasteiger partial charge in [-0.05, 0) is 32.3 Å². The number of phenols is 2. The van der Waals surface area contributed by atoms with Gasteiger partial charge in [0.2, 0.25) is 0 Å². The fourth-order valence-corrected chi connectivity index (χ4v) is 4.54. The standard InChI is InChI=1S/C18H30O2Si2/c1-11(2)17(5,6)21-13-9-10-14(16(20)15(13)19)22-18(7,8)12(3)4/h9-12,19-20H,1-8H3. The van der Waals surface area contributed by atoms with E-state index in [4.69, 9.17) is 0 Å². The summed E-state index contributed by atoms with van der Waals surface area (Å²) in [6.45, 7) is 17.6. The Morgan fingerprint density at radius 2 is 1.00 bits per heavy atom. The van der Waals surface area contributed by atoms with Gasteiger partial charge in [0.15, 0.2) is 11.5 Å². The molecule has 1 aromatic carbocycles. The number of benzene rings is 1. The van der Waals surface area contributed by atoms with Crippen LogP contribution in [0.2, 0.25) is 10.1 Å². The van der Waals surface area contributed by atoms with Crippen molar-refractivity contribution in [3.8, 4) is 11.5 Å². The first-order chi connectivity index (χ1) is 9.88. The Morgan fingerprint density at radius 3 is 1.23 bits per heavy atom. The lowest BCUT2D eigenvalue weighted by Crippen LogP contribution is -2.33. The van der Waals surface area contributed by atoms with Crippen molar-refractivity contribution in [2.45, 2.75) is 65.5 Å². The molecule has 0 saturated heterocycles. The minimum atomic E-state index is 0.0802. The van der Waals surface area contributed by atoms with Crippen LogP contribution in [0.15, 0.2) is 12.1 Å². The third-order valence-corrected chi connectivity index (χ3v) is 8.74. The van der Waals surface area contributed by atoms with Crippen molar-refractivity contribution in [3.05, 3.63) is 12.1 Å². The summed E-state index contributed by atoms with van der Waals surface area (Å²) in [5.74, 6) is 1.20. The molecule has 1 aromatic rings. The molecule has 0 aliphatic carbocycles. The molecule has 4 radical (unpaired) electrons.